The Bertz CT molecular complexity index is 1110. The van der Waals surface area contributed by atoms with Crippen LogP contribution in [0.25, 0.3) is 5.70 Å². The molecule has 31 heavy (non-hydrogen) atoms. The zero-order chi connectivity index (χ0) is 22.0. The molecule has 1 unspecified atom stereocenters. The van der Waals surface area contributed by atoms with Crippen molar-refractivity contribution in [3.05, 3.63) is 88.2 Å². The Morgan fingerprint density at radius 2 is 1.87 bits per heavy atom. The first-order valence-electron chi connectivity index (χ1n) is 9.67. The van der Waals surface area contributed by atoms with E-state index in [9.17, 15) is 19.1 Å². The molecule has 6 nitrogen and oxygen atoms in total. The number of rotatable bonds is 6. The van der Waals surface area contributed by atoms with Gasteiger partial charge in [-0.15, -0.1) is 0 Å². The summed E-state index contributed by atoms with van der Waals surface area (Å²) in [6, 6.07) is 14.4. The van der Waals surface area contributed by atoms with Gasteiger partial charge in [-0.3, -0.25) is 4.79 Å². The second-order valence-corrected chi connectivity index (χ2v) is 7.70. The lowest BCUT2D eigenvalue weighted by molar-refractivity contribution is -0.139. The minimum atomic E-state index is -0.999. The molecule has 0 radical (unpaired) electrons. The lowest BCUT2D eigenvalue weighted by Gasteiger charge is -2.36. The van der Waals surface area contributed by atoms with Crippen LogP contribution in [0.1, 0.15) is 30.5 Å². The quantitative estimate of drug-likeness (QED) is 0.666. The molecule has 4 rings (SSSR count). The number of hydrogen-bond donors (Lipinski definition) is 1. The molecule has 2 heterocycles. The summed E-state index contributed by atoms with van der Waals surface area (Å²) in [6.45, 7) is 1.89. The van der Waals surface area contributed by atoms with Crippen molar-refractivity contribution >= 4 is 34.6 Å². The molecule has 158 valence electrons. The second kappa shape index (κ2) is 8.77. The monoisotopic (exact) mass is 438 g/mol. The Morgan fingerprint density at radius 3 is 2.52 bits per heavy atom. The zero-order valence-electron chi connectivity index (χ0n) is 16.6. The third-order valence-corrected chi connectivity index (χ3v) is 5.76. The number of ether oxygens (including phenoxy) is 1. The summed E-state index contributed by atoms with van der Waals surface area (Å²) < 4.78 is 19.0. The van der Waals surface area contributed by atoms with Crippen molar-refractivity contribution in [3.63, 3.8) is 0 Å². The van der Waals surface area contributed by atoms with Crippen LogP contribution in [0.4, 0.5) is 4.39 Å². The first-order valence-corrected chi connectivity index (χ1v) is 10.5. The summed E-state index contributed by atoms with van der Waals surface area (Å²) in [5, 5.41) is 11.7. The standard InChI is InChI=1S/C23H19FN2O4S/c1-2-30-22(29)19-20(14-6-4-3-5-7-14)25-23-26(17(13-31-23)12-18(27)28)21(19)15-8-10-16(24)11-9-15/h3-11,13,21H,2,12H2,1H3,(H,27,28). The van der Waals surface area contributed by atoms with Gasteiger partial charge >= 0.3 is 11.9 Å². The number of amidine groups is 1. The fraction of sp³-hybridized carbons (Fsp3) is 0.174. The number of halogens is 1. The van der Waals surface area contributed by atoms with Gasteiger partial charge in [0.2, 0.25) is 0 Å². The molecule has 0 spiro atoms. The van der Waals surface area contributed by atoms with Gasteiger partial charge in [0.05, 0.1) is 30.3 Å². The number of carboxylic acids is 1. The zero-order valence-corrected chi connectivity index (χ0v) is 17.4. The Labute approximate surface area is 182 Å². The van der Waals surface area contributed by atoms with E-state index in [4.69, 9.17) is 9.73 Å². The average molecular weight is 438 g/mol. The van der Waals surface area contributed by atoms with E-state index in [2.05, 4.69) is 0 Å². The maximum Gasteiger partial charge on any atom is 0.338 e. The molecule has 1 atom stereocenters. The van der Waals surface area contributed by atoms with Crippen LogP contribution in [0.15, 0.2) is 76.3 Å². The predicted octanol–water partition coefficient (Wildman–Crippen LogP) is 4.58. The molecule has 0 bridgehead atoms. The van der Waals surface area contributed by atoms with E-state index in [0.29, 0.717) is 22.1 Å². The lowest BCUT2D eigenvalue weighted by Crippen LogP contribution is -2.37. The van der Waals surface area contributed by atoms with Gasteiger partial charge in [0, 0.05) is 11.3 Å². The molecule has 2 aromatic carbocycles. The van der Waals surface area contributed by atoms with Gasteiger partial charge in [-0.25, -0.2) is 14.2 Å². The van der Waals surface area contributed by atoms with Crippen LogP contribution in [-0.2, 0) is 14.3 Å². The molecule has 0 fully saturated rings. The van der Waals surface area contributed by atoms with E-state index in [1.807, 2.05) is 30.3 Å². The fourth-order valence-electron chi connectivity index (χ4n) is 3.60. The number of nitrogens with zero attached hydrogens (tertiary/aromatic N) is 2. The van der Waals surface area contributed by atoms with Crippen LogP contribution in [0.2, 0.25) is 0 Å². The minimum Gasteiger partial charge on any atom is -0.481 e. The number of carbonyl (C=O) groups excluding carboxylic acids is 1. The first kappa shape index (κ1) is 20.9. The molecule has 0 amide bonds. The van der Waals surface area contributed by atoms with Crippen molar-refractivity contribution < 1.29 is 23.8 Å². The highest BCUT2D eigenvalue weighted by Crippen LogP contribution is 2.46. The number of esters is 1. The number of aliphatic imine (C=N–C) groups is 1. The third-order valence-electron chi connectivity index (χ3n) is 4.87. The summed E-state index contributed by atoms with van der Waals surface area (Å²) in [4.78, 5) is 31.1. The minimum absolute atomic E-state index is 0.170. The average Bonchev–Trinajstić information content (AvgIpc) is 3.15. The van der Waals surface area contributed by atoms with Crippen LogP contribution in [0.5, 0.6) is 0 Å². The highest BCUT2D eigenvalue weighted by molar-refractivity contribution is 8.16. The van der Waals surface area contributed by atoms with E-state index >= 15 is 0 Å². The Hall–Kier alpha value is -3.39. The number of carboxylic acid groups (broad SMARTS) is 1. The number of benzene rings is 2. The first-order chi connectivity index (χ1) is 15.0. The van der Waals surface area contributed by atoms with Gasteiger partial charge in [0.1, 0.15) is 5.82 Å². The maximum atomic E-state index is 13.7. The number of hydrogen-bond acceptors (Lipinski definition) is 6. The molecule has 0 aromatic heterocycles. The van der Waals surface area contributed by atoms with Gasteiger partial charge in [-0.05, 0) is 30.0 Å². The molecule has 8 heteroatoms. The summed E-state index contributed by atoms with van der Waals surface area (Å²) in [6.07, 6.45) is -0.236. The summed E-state index contributed by atoms with van der Waals surface area (Å²) in [5.41, 5.74) is 2.60. The number of aliphatic carboxylic acids is 1. The molecule has 0 aliphatic carbocycles. The van der Waals surface area contributed by atoms with Gasteiger partial charge in [0.15, 0.2) is 5.17 Å². The predicted molar refractivity (Wildman–Crippen MR) is 116 cm³/mol. The van der Waals surface area contributed by atoms with Gasteiger partial charge in [-0.2, -0.15) is 0 Å². The van der Waals surface area contributed by atoms with Crippen LogP contribution in [0, 0.1) is 5.82 Å². The second-order valence-electron chi connectivity index (χ2n) is 6.86. The van der Waals surface area contributed by atoms with Crippen molar-refractivity contribution in [3.8, 4) is 0 Å². The highest BCUT2D eigenvalue weighted by atomic mass is 32.2. The number of carbonyl (C=O) groups is 2. The Balaban J connectivity index is 1.94. The van der Waals surface area contributed by atoms with E-state index < -0.39 is 23.8 Å². The molecular weight excluding hydrogens is 419 g/mol. The summed E-state index contributed by atoms with van der Waals surface area (Å²) in [5.74, 6) is -1.96. The SMILES string of the molecule is CCOC(=O)C1=C(c2ccccc2)N=C2SC=C(CC(=O)O)N2C1c1ccc(F)cc1. The van der Waals surface area contributed by atoms with Crippen molar-refractivity contribution in [1.29, 1.82) is 0 Å². The summed E-state index contributed by atoms with van der Waals surface area (Å²) >= 11 is 1.29. The van der Waals surface area contributed by atoms with E-state index in [1.54, 1.807) is 29.4 Å². The van der Waals surface area contributed by atoms with Gasteiger partial charge < -0.3 is 14.7 Å². The van der Waals surface area contributed by atoms with E-state index in [0.717, 1.165) is 5.56 Å². The van der Waals surface area contributed by atoms with Crippen molar-refractivity contribution in [2.45, 2.75) is 19.4 Å². The molecule has 1 N–H and O–H groups in total. The van der Waals surface area contributed by atoms with Crippen LogP contribution >= 0.6 is 11.8 Å². The Morgan fingerprint density at radius 1 is 1.16 bits per heavy atom. The normalized spacial score (nSPS) is 17.7. The smallest absolute Gasteiger partial charge is 0.338 e. The largest absolute Gasteiger partial charge is 0.481 e. The molecule has 0 saturated carbocycles. The van der Waals surface area contributed by atoms with Crippen molar-refractivity contribution in [1.82, 2.24) is 4.90 Å². The molecular formula is C23H19FN2O4S. The topological polar surface area (TPSA) is 79.2 Å². The number of thioether (sulfide) groups is 1. The van der Waals surface area contributed by atoms with Crippen LogP contribution in [-0.4, -0.2) is 33.7 Å². The Kier molecular flexibility index (Phi) is 5.90. The van der Waals surface area contributed by atoms with Crippen LogP contribution < -0.4 is 0 Å². The van der Waals surface area contributed by atoms with Gasteiger partial charge in [-0.1, -0.05) is 54.2 Å². The fourth-order valence-corrected chi connectivity index (χ4v) is 4.52. The van der Waals surface area contributed by atoms with E-state index in [1.165, 1.54) is 23.9 Å². The molecule has 2 aromatic rings. The van der Waals surface area contributed by atoms with Crippen LogP contribution in [0.3, 0.4) is 0 Å². The molecule has 2 aliphatic heterocycles. The summed E-state index contributed by atoms with van der Waals surface area (Å²) in [7, 11) is 0. The molecule has 2 aliphatic rings. The highest BCUT2D eigenvalue weighted by Gasteiger charge is 2.42. The van der Waals surface area contributed by atoms with Gasteiger partial charge in [0.25, 0.3) is 0 Å². The van der Waals surface area contributed by atoms with Crippen molar-refractivity contribution in [2.24, 2.45) is 4.99 Å². The lowest BCUT2D eigenvalue weighted by atomic mass is 9.91. The number of fused-ring (bicyclic) bond motifs is 1. The maximum absolute atomic E-state index is 13.7. The molecule has 0 saturated heterocycles. The third kappa shape index (κ3) is 4.11. The van der Waals surface area contributed by atoms with E-state index in [-0.39, 0.29) is 18.6 Å². The van der Waals surface area contributed by atoms with Crippen molar-refractivity contribution in [2.75, 3.05) is 6.61 Å².